The Bertz CT molecular complexity index is 897. The second-order valence-corrected chi connectivity index (χ2v) is 7.00. The quantitative estimate of drug-likeness (QED) is 0.914. The number of carbonyl (C=O) groups is 2. The molecule has 0 saturated carbocycles. The molecule has 0 radical (unpaired) electrons. The molecular formula is C16H12O5S. The summed E-state index contributed by atoms with van der Waals surface area (Å²) in [5.41, 5.74) is 0.927. The molecule has 3 rings (SSSR count). The van der Waals surface area contributed by atoms with Gasteiger partial charge in [0.25, 0.3) is 0 Å². The Morgan fingerprint density at radius 3 is 2.55 bits per heavy atom. The molecule has 22 heavy (non-hydrogen) atoms. The summed E-state index contributed by atoms with van der Waals surface area (Å²) in [7, 11) is -3.84. The van der Waals surface area contributed by atoms with Crippen LogP contribution in [0.1, 0.15) is 21.5 Å². The Balaban J connectivity index is 2.28. The topological polar surface area (TPSA) is 88.5 Å². The van der Waals surface area contributed by atoms with Gasteiger partial charge in [-0.05, 0) is 29.3 Å². The van der Waals surface area contributed by atoms with Crippen LogP contribution in [0.3, 0.4) is 0 Å². The lowest BCUT2D eigenvalue weighted by molar-refractivity contribution is -0.136. The molecule has 1 aliphatic heterocycles. The first-order chi connectivity index (χ1) is 10.4. The third-order valence-electron chi connectivity index (χ3n) is 3.60. The van der Waals surface area contributed by atoms with Crippen LogP contribution < -0.4 is 0 Å². The molecule has 1 aliphatic rings. The van der Waals surface area contributed by atoms with E-state index in [0.29, 0.717) is 11.1 Å². The van der Waals surface area contributed by atoms with Crippen molar-refractivity contribution in [2.24, 2.45) is 0 Å². The van der Waals surface area contributed by atoms with Crippen molar-refractivity contribution in [3.8, 4) is 0 Å². The molecule has 0 fully saturated rings. The number of hydrogen-bond donors (Lipinski definition) is 1. The second-order valence-electron chi connectivity index (χ2n) is 5.11. The summed E-state index contributed by atoms with van der Waals surface area (Å²) in [6, 6.07) is 10.6. The summed E-state index contributed by atoms with van der Waals surface area (Å²) < 4.78 is 25.6. The summed E-state index contributed by atoms with van der Waals surface area (Å²) >= 11 is 0. The Morgan fingerprint density at radius 1 is 1.09 bits per heavy atom. The second kappa shape index (κ2) is 5.06. The minimum Gasteiger partial charge on any atom is -0.481 e. The first-order valence-corrected chi connectivity index (χ1v) is 8.09. The number of fused-ring (bicyclic) bond motifs is 2. The van der Waals surface area contributed by atoms with E-state index in [0.717, 1.165) is 0 Å². The van der Waals surface area contributed by atoms with E-state index in [1.807, 2.05) is 0 Å². The summed E-state index contributed by atoms with van der Waals surface area (Å²) in [5.74, 6) is -1.34. The molecule has 112 valence electrons. The number of hydrogen-bond acceptors (Lipinski definition) is 4. The third-order valence-corrected chi connectivity index (χ3v) is 5.50. The molecule has 0 saturated heterocycles. The van der Waals surface area contributed by atoms with E-state index in [1.54, 1.807) is 18.2 Å². The number of aliphatic carboxylic acids is 1. The maximum Gasteiger partial charge on any atom is 0.307 e. The van der Waals surface area contributed by atoms with E-state index in [-0.39, 0.29) is 34.0 Å². The lowest BCUT2D eigenvalue weighted by Crippen LogP contribution is -2.08. The van der Waals surface area contributed by atoms with E-state index in [2.05, 4.69) is 0 Å². The van der Waals surface area contributed by atoms with Crippen LogP contribution in [0.15, 0.2) is 52.3 Å². The first kappa shape index (κ1) is 14.5. The van der Waals surface area contributed by atoms with Crippen molar-refractivity contribution >= 4 is 21.6 Å². The van der Waals surface area contributed by atoms with Crippen molar-refractivity contribution in [3.05, 3.63) is 59.2 Å². The summed E-state index contributed by atoms with van der Waals surface area (Å²) in [6.07, 6.45) is -0.278. The van der Waals surface area contributed by atoms with Crippen LogP contribution in [0.25, 0.3) is 0 Å². The average molecular weight is 316 g/mol. The molecule has 0 amide bonds. The van der Waals surface area contributed by atoms with Crippen LogP contribution in [0.4, 0.5) is 0 Å². The molecule has 5 nitrogen and oxygen atoms in total. The molecule has 1 N–H and O–H groups in total. The number of sulfone groups is 1. The lowest BCUT2D eigenvalue weighted by atomic mass is 10.0. The summed E-state index contributed by atoms with van der Waals surface area (Å²) in [6.45, 7) is 0. The van der Waals surface area contributed by atoms with Gasteiger partial charge in [-0.1, -0.05) is 24.3 Å². The Labute approximate surface area is 127 Å². The highest BCUT2D eigenvalue weighted by Gasteiger charge is 2.31. The molecule has 0 aliphatic carbocycles. The van der Waals surface area contributed by atoms with Crippen molar-refractivity contribution in [1.29, 1.82) is 0 Å². The number of carboxylic acids is 1. The van der Waals surface area contributed by atoms with Crippen molar-refractivity contribution in [1.82, 2.24) is 0 Å². The van der Waals surface area contributed by atoms with Crippen LogP contribution in [0, 0.1) is 0 Å². The van der Waals surface area contributed by atoms with Gasteiger partial charge in [-0.25, -0.2) is 8.42 Å². The largest absolute Gasteiger partial charge is 0.481 e. The van der Waals surface area contributed by atoms with Crippen LogP contribution in [-0.2, 0) is 27.5 Å². The minimum absolute atomic E-state index is 0.0146. The molecule has 0 aromatic heterocycles. The molecular weight excluding hydrogens is 304 g/mol. The standard InChI is InChI=1S/C16H12O5S/c17-13-9-11-3-1-2-4-14(11)22(20,21)15-7-10(8-16(18)19)5-6-12(13)15/h1-7H,8-9H2,(H,18,19). The first-order valence-electron chi connectivity index (χ1n) is 6.60. The molecule has 1 heterocycles. The van der Waals surface area contributed by atoms with Gasteiger partial charge in [-0.2, -0.15) is 0 Å². The molecule has 0 bridgehead atoms. The number of carbonyl (C=O) groups excluding carboxylic acids is 1. The highest BCUT2D eigenvalue weighted by atomic mass is 32.2. The van der Waals surface area contributed by atoms with Gasteiger partial charge < -0.3 is 5.11 Å². The van der Waals surface area contributed by atoms with E-state index < -0.39 is 15.8 Å². The SMILES string of the molecule is O=C(O)Cc1ccc2c(c1)S(=O)(=O)c1ccccc1CC2=O. The van der Waals surface area contributed by atoms with Crippen LogP contribution in [0.5, 0.6) is 0 Å². The fourth-order valence-electron chi connectivity index (χ4n) is 2.60. The van der Waals surface area contributed by atoms with Crippen LogP contribution in [0.2, 0.25) is 0 Å². The van der Waals surface area contributed by atoms with Crippen molar-refractivity contribution in [3.63, 3.8) is 0 Å². The maximum absolute atomic E-state index is 12.8. The summed E-state index contributed by atoms with van der Waals surface area (Å²) in [4.78, 5) is 23.1. The van der Waals surface area contributed by atoms with Gasteiger partial charge in [0.15, 0.2) is 5.78 Å². The number of carboxylic acid groups (broad SMARTS) is 1. The lowest BCUT2D eigenvalue weighted by Gasteiger charge is -2.08. The number of benzene rings is 2. The minimum atomic E-state index is -3.84. The van der Waals surface area contributed by atoms with Crippen LogP contribution in [-0.4, -0.2) is 25.3 Å². The zero-order valence-corrected chi connectivity index (χ0v) is 12.3. The van der Waals surface area contributed by atoms with Gasteiger partial charge in [0.05, 0.1) is 16.2 Å². The highest BCUT2D eigenvalue weighted by Crippen LogP contribution is 2.32. The van der Waals surface area contributed by atoms with Crippen molar-refractivity contribution < 1.29 is 23.1 Å². The predicted octanol–water partition coefficient (Wildman–Crippen LogP) is 1.89. The smallest absolute Gasteiger partial charge is 0.307 e. The van der Waals surface area contributed by atoms with E-state index in [9.17, 15) is 18.0 Å². The van der Waals surface area contributed by atoms with Crippen molar-refractivity contribution in [2.75, 3.05) is 0 Å². The van der Waals surface area contributed by atoms with Crippen molar-refractivity contribution in [2.45, 2.75) is 22.6 Å². The number of ketones is 1. The fraction of sp³-hybridized carbons (Fsp3) is 0.125. The zero-order chi connectivity index (χ0) is 15.9. The Kier molecular flexibility index (Phi) is 3.33. The molecule has 2 aromatic rings. The van der Waals surface area contributed by atoms with Gasteiger partial charge in [-0.3, -0.25) is 9.59 Å². The highest BCUT2D eigenvalue weighted by molar-refractivity contribution is 7.91. The maximum atomic E-state index is 12.8. The van der Waals surface area contributed by atoms with E-state index >= 15 is 0 Å². The molecule has 0 atom stereocenters. The van der Waals surface area contributed by atoms with Gasteiger partial charge in [-0.15, -0.1) is 0 Å². The molecule has 0 unspecified atom stereocenters. The fourth-order valence-corrected chi connectivity index (χ4v) is 4.36. The Morgan fingerprint density at radius 2 is 1.82 bits per heavy atom. The normalized spacial score (nSPS) is 15.5. The van der Waals surface area contributed by atoms with E-state index in [1.165, 1.54) is 24.3 Å². The van der Waals surface area contributed by atoms with E-state index in [4.69, 9.17) is 5.11 Å². The monoisotopic (exact) mass is 316 g/mol. The number of rotatable bonds is 2. The zero-order valence-electron chi connectivity index (χ0n) is 11.4. The van der Waals surface area contributed by atoms with Gasteiger partial charge in [0.2, 0.25) is 9.84 Å². The van der Waals surface area contributed by atoms with Crippen LogP contribution >= 0.6 is 0 Å². The molecule has 2 aromatic carbocycles. The van der Waals surface area contributed by atoms with Gasteiger partial charge >= 0.3 is 5.97 Å². The molecule has 6 heteroatoms. The molecule has 0 spiro atoms. The third kappa shape index (κ3) is 2.31. The van der Waals surface area contributed by atoms with Gasteiger partial charge in [0, 0.05) is 12.0 Å². The average Bonchev–Trinajstić information content (AvgIpc) is 2.53. The Hall–Kier alpha value is -2.47. The number of Topliss-reactive ketones (excluding diaryl/α,β-unsaturated/α-hetero) is 1. The van der Waals surface area contributed by atoms with Gasteiger partial charge in [0.1, 0.15) is 0 Å². The predicted molar refractivity (Wildman–Crippen MR) is 77.7 cm³/mol. The summed E-state index contributed by atoms with van der Waals surface area (Å²) in [5, 5.41) is 8.85.